The van der Waals surface area contributed by atoms with Gasteiger partial charge in [-0.15, -0.1) is 0 Å². The predicted molar refractivity (Wildman–Crippen MR) is 143 cm³/mol. The lowest BCUT2D eigenvalue weighted by atomic mass is 9.84. The Hall–Kier alpha value is -3.79. The zero-order chi connectivity index (χ0) is 28.5. The molecule has 39 heavy (non-hydrogen) atoms. The number of fused-ring (bicyclic) bond motifs is 1. The lowest BCUT2D eigenvalue weighted by molar-refractivity contribution is -0.131. The topological polar surface area (TPSA) is 83.9 Å². The Morgan fingerprint density at radius 1 is 1.05 bits per heavy atom. The number of halogens is 3. The highest BCUT2D eigenvalue weighted by molar-refractivity contribution is 7.88. The number of hydrogen-bond donors (Lipinski definition) is 1. The van der Waals surface area contributed by atoms with Gasteiger partial charge in [0.2, 0.25) is 0 Å². The quantitative estimate of drug-likeness (QED) is 0.198. The molecule has 0 bridgehead atoms. The molecular weight excluding hydrogens is 531 g/mol. The van der Waals surface area contributed by atoms with Crippen molar-refractivity contribution in [2.45, 2.75) is 50.7 Å². The largest absolute Gasteiger partial charge is 0.534 e. The number of aliphatic carboxylic acids is 1. The molecule has 3 aromatic rings. The first kappa shape index (κ1) is 28.2. The van der Waals surface area contributed by atoms with Crippen molar-refractivity contribution in [3.05, 3.63) is 101 Å². The molecule has 1 N–H and O–H groups in total. The Kier molecular flexibility index (Phi) is 7.79. The summed E-state index contributed by atoms with van der Waals surface area (Å²) < 4.78 is 66.2. The maximum absolute atomic E-state index is 12.9. The van der Waals surface area contributed by atoms with Gasteiger partial charge in [-0.3, -0.25) is 0 Å². The highest BCUT2D eigenvalue weighted by Gasteiger charge is 2.48. The summed E-state index contributed by atoms with van der Waals surface area (Å²) >= 11 is 0. The molecule has 10 heteroatoms. The van der Waals surface area contributed by atoms with E-state index in [2.05, 4.69) is 35.1 Å². The van der Waals surface area contributed by atoms with Gasteiger partial charge in [-0.2, -0.15) is 21.6 Å². The molecule has 0 amide bonds. The molecule has 1 heterocycles. The molecule has 0 saturated carbocycles. The molecule has 3 aromatic carbocycles. The summed E-state index contributed by atoms with van der Waals surface area (Å²) in [6.07, 6.45) is 2.98. The van der Waals surface area contributed by atoms with E-state index >= 15 is 0 Å². The normalized spacial score (nSPS) is 17.9. The molecule has 1 aliphatic heterocycles. The van der Waals surface area contributed by atoms with E-state index in [9.17, 15) is 26.4 Å². The number of carboxylic acid groups (broad SMARTS) is 1. The molecule has 1 aliphatic rings. The number of alkyl halides is 3. The Balaban J connectivity index is 1.79. The first-order chi connectivity index (χ1) is 18.3. The van der Waals surface area contributed by atoms with E-state index in [1.165, 1.54) is 23.8 Å². The predicted octanol–water partition coefficient (Wildman–Crippen LogP) is 6.68. The molecule has 0 spiro atoms. The minimum Gasteiger partial charge on any atom is -0.478 e. The summed E-state index contributed by atoms with van der Waals surface area (Å²) in [5.74, 6) is -1.11. The van der Waals surface area contributed by atoms with Crippen molar-refractivity contribution in [3.63, 3.8) is 0 Å². The SMILES string of the molecule is CC(C)c1ccc(N2[C@H](c3ccc(/C=C/C(=O)O)cc3)c3ccc(OS(=O)(=O)C(F)(F)F)cc3C[C@H]2C)cc1. The van der Waals surface area contributed by atoms with Gasteiger partial charge in [-0.1, -0.05) is 56.3 Å². The Morgan fingerprint density at radius 3 is 2.26 bits per heavy atom. The summed E-state index contributed by atoms with van der Waals surface area (Å²) in [4.78, 5) is 13.1. The van der Waals surface area contributed by atoms with Gasteiger partial charge in [0.25, 0.3) is 0 Å². The van der Waals surface area contributed by atoms with Gasteiger partial charge in [0.1, 0.15) is 5.75 Å². The van der Waals surface area contributed by atoms with Gasteiger partial charge < -0.3 is 14.2 Å². The van der Waals surface area contributed by atoms with Crippen LogP contribution in [0.15, 0.2) is 72.8 Å². The van der Waals surface area contributed by atoms with E-state index in [0.717, 1.165) is 22.9 Å². The molecule has 206 valence electrons. The number of hydrogen-bond acceptors (Lipinski definition) is 5. The molecule has 4 rings (SSSR count). The minimum absolute atomic E-state index is 0.103. The lowest BCUT2D eigenvalue weighted by Gasteiger charge is -2.44. The van der Waals surface area contributed by atoms with E-state index in [1.54, 1.807) is 18.2 Å². The van der Waals surface area contributed by atoms with E-state index in [4.69, 9.17) is 5.11 Å². The molecule has 0 unspecified atom stereocenters. The smallest absolute Gasteiger partial charge is 0.478 e. The number of carbonyl (C=O) groups is 1. The van der Waals surface area contributed by atoms with Crippen LogP contribution in [0.2, 0.25) is 0 Å². The molecule has 6 nitrogen and oxygen atoms in total. The van der Waals surface area contributed by atoms with E-state index in [0.29, 0.717) is 23.5 Å². The zero-order valence-electron chi connectivity index (χ0n) is 21.5. The first-order valence-electron chi connectivity index (χ1n) is 12.3. The van der Waals surface area contributed by atoms with Crippen LogP contribution in [0, 0.1) is 0 Å². The second-order valence-electron chi connectivity index (χ2n) is 9.79. The lowest BCUT2D eigenvalue weighted by Crippen LogP contribution is -2.43. The monoisotopic (exact) mass is 559 g/mol. The minimum atomic E-state index is -5.80. The van der Waals surface area contributed by atoms with Crippen LogP contribution in [0.3, 0.4) is 0 Å². The van der Waals surface area contributed by atoms with Crippen molar-refractivity contribution < 1.29 is 35.7 Å². The molecule has 0 fully saturated rings. The molecule has 0 aromatic heterocycles. The fraction of sp³-hybridized carbons (Fsp3) is 0.276. The van der Waals surface area contributed by atoms with Crippen LogP contribution in [0.25, 0.3) is 6.08 Å². The summed E-state index contributed by atoms with van der Waals surface area (Å²) in [5, 5.41) is 8.92. The number of rotatable bonds is 7. The van der Waals surface area contributed by atoms with Crippen molar-refractivity contribution in [1.82, 2.24) is 0 Å². The maximum Gasteiger partial charge on any atom is 0.534 e. The highest BCUT2D eigenvalue weighted by Crippen LogP contribution is 2.42. The molecule has 0 radical (unpaired) electrons. The van der Waals surface area contributed by atoms with Gasteiger partial charge in [-0.25, -0.2) is 4.79 Å². The third-order valence-corrected chi connectivity index (χ3v) is 7.67. The highest BCUT2D eigenvalue weighted by atomic mass is 32.2. The van der Waals surface area contributed by atoms with Crippen molar-refractivity contribution in [2.24, 2.45) is 0 Å². The van der Waals surface area contributed by atoms with E-state index < -0.39 is 27.3 Å². The third kappa shape index (κ3) is 6.11. The van der Waals surface area contributed by atoms with Crippen molar-refractivity contribution in [1.29, 1.82) is 0 Å². The van der Waals surface area contributed by atoms with Crippen LogP contribution in [0.1, 0.15) is 60.5 Å². The van der Waals surface area contributed by atoms with Crippen LogP contribution >= 0.6 is 0 Å². The average Bonchev–Trinajstić information content (AvgIpc) is 2.86. The maximum atomic E-state index is 12.9. The van der Waals surface area contributed by atoms with Crippen molar-refractivity contribution in [2.75, 3.05) is 4.90 Å². The van der Waals surface area contributed by atoms with E-state index in [1.807, 2.05) is 31.2 Å². The fourth-order valence-electron chi connectivity index (χ4n) is 4.80. The van der Waals surface area contributed by atoms with Crippen LogP contribution in [0.5, 0.6) is 5.75 Å². The van der Waals surface area contributed by atoms with Gasteiger partial charge >= 0.3 is 21.6 Å². The first-order valence-corrected chi connectivity index (χ1v) is 13.7. The van der Waals surface area contributed by atoms with Gasteiger partial charge in [-0.05, 0) is 77.4 Å². The summed E-state index contributed by atoms with van der Waals surface area (Å²) in [6, 6.07) is 19.3. The summed E-state index contributed by atoms with van der Waals surface area (Å²) in [5.41, 5.74) is -0.355. The Bertz CT molecular complexity index is 1480. The summed E-state index contributed by atoms with van der Waals surface area (Å²) in [6.45, 7) is 6.21. The van der Waals surface area contributed by atoms with Gasteiger partial charge in [0, 0.05) is 17.8 Å². The Labute approximate surface area is 225 Å². The van der Waals surface area contributed by atoms with Crippen LogP contribution in [0.4, 0.5) is 18.9 Å². The van der Waals surface area contributed by atoms with Crippen molar-refractivity contribution in [3.8, 4) is 5.75 Å². The Morgan fingerprint density at radius 2 is 1.69 bits per heavy atom. The average molecular weight is 560 g/mol. The molecular formula is C29H28F3NO5S. The van der Waals surface area contributed by atoms with Crippen LogP contribution < -0.4 is 9.08 Å². The fourth-order valence-corrected chi connectivity index (χ4v) is 5.26. The van der Waals surface area contributed by atoms with Crippen LogP contribution in [-0.2, 0) is 21.3 Å². The van der Waals surface area contributed by atoms with Gasteiger partial charge in [0.15, 0.2) is 0 Å². The number of carboxylic acids is 1. The molecule has 0 saturated heterocycles. The standard InChI is InChI=1S/C29H28F3NO5S/c1-18(2)21-9-11-24(12-10-21)33-19(3)16-23-17-25(38-39(36,37)29(30,31)32)13-14-26(23)28(33)22-7-4-20(5-8-22)6-15-27(34)35/h4-15,17-19,28H,16H2,1-3H3,(H,34,35)/b15-6+/t19-,28-/m1/s1. The zero-order valence-corrected chi connectivity index (χ0v) is 22.3. The molecule has 2 atom stereocenters. The number of benzene rings is 3. The third-order valence-electron chi connectivity index (χ3n) is 6.70. The van der Waals surface area contributed by atoms with Gasteiger partial charge in [0.05, 0.1) is 6.04 Å². The second kappa shape index (κ2) is 10.8. The van der Waals surface area contributed by atoms with Crippen molar-refractivity contribution >= 4 is 27.9 Å². The number of anilines is 1. The molecule has 0 aliphatic carbocycles. The second-order valence-corrected chi connectivity index (χ2v) is 11.3. The van der Waals surface area contributed by atoms with Crippen LogP contribution in [-0.4, -0.2) is 31.0 Å². The summed E-state index contributed by atoms with van der Waals surface area (Å²) in [7, 11) is -5.80. The number of nitrogens with zero attached hydrogens (tertiary/aromatic N) is 1. The van der Waals surface area contributed by atoms with E-state index in [-0.39, 0.29) is 12.1 Å².